The first kappa shape index (κ1) is 27.8. The van der Waals surface area contributed by atoms with Gasteiger partial charge in [0.05, 0.1) is 19.9 Å². The second kappa shape index (κ2) is 14.7. The second-order valence-corrected chi connectivity index (χ2v) is 9.26. The summed E-state index contributed by atoms with van der Waals surface area (Å²) in [5, 5.41) is 11.8. The van der Waals surface area contributed by atoms with Gasteiger partial charge in [-0.2, -0.15) is 0 Å². The van der Waals surface area contributed by atoms with Crippen LogP contribution in [0.3, 0.4) is 0 Å². The normalized spacial score (nSPS) is 13.6. The monoisotopic (exact) mass is 530 g/mol. The number of aliphatic imine (C=N–C) groups is 1. The third-order valence-electron chi connectivity index (χ3n) is 6.26. The van der Waals surface area contributed by atoms with Crippen LogP contribution in [-0.2, 0) is 29.3 Å². The van der Waals surface area contributed by atoms with Crippen molar-refractivity contribution < 1.29 is 24.2 Å². The van der Waals surface area contributed by atoms with Crippen molar-refractivity contribution in [3.8, 4) is 5.75 Å². The lowest BCUT2D eigenvalue weighted by atomic mass is 10.1. The number of benzene rings is 3. The molecule has 4 rings (SSSR count). The third-order valence-corrected chi connectivity index (χ3v) is 6.26. The summed E-state index contributed by atoms with van der Waals surface area (Å²) < 4.78 is 11.7. The van der Waals surface area contributed by atoms with Crippen LogP contribution in [0.15, 0.2) is 89.9 Å². The van der Waals surface area contributed by atoms with E-state index in [-0.39, 0.29) is 12.5 Å². The van der Waals surface area contributed by atoms with Gasteiger partial charge in [0, 0.05) is 32.4 Å². The molecule has 1 atom stereocenters. The van der Waals surface area contributed by atoms with Crippen molar-refractivity contribution in [2.45, 2.75) is 25.8 Å². The van der Waals surface area contributed by atoms with Gasteiger partial charge in [0.1, 0.15) is 18.4 Å². The van der Waals surface area contributed by atoms with Crippen molar-refractivity contribution in [1.82, 2.24) is 15.1 Å². The van der Waals surface area contributed by atoms with Gasteiger partial charge < -0.3 is 24.8 Å². The number of nitrogens with zero attached hydrogens (tertiary/aromatic N) is 3. The van der Waals surface area contributed by atoms with Crippen LogP contribution in [0.2, 0.25) is 0 Å². The summed E-state index contributed by atoms with van der Waals surface area (Å²) in [4.78, 5) is 32.9. The lowest BCUT2D eigenvalue weighted by Gasteiger charge is -2.29. The first-order valence-electron chi connectivity index (χ1n) is 12.9. The van der Waals surface area contributed by atoms with Crippen molar-refractivity contribution in [2.75, 3.05) is 32.9 Å². The number of amides is 2. The molecule has 0 fully saturated rings. The van der Waals surface area contributed by atoms with Crippen LogP contribution in [0.4, 0.5) is 4.79 Å². The third kappa shape index (κ3) is 9.24. The van der Waals surface area contributed by atoms with Gasteiger partial charge in [-0.1, -0.05) is 72.8 Å². The predicted molar refractivity (Wildman–Crippen MR) is 149 cm³/mol. The van der Waals surface area contributed by atoms with Crippen LogP contribution in [0.25, 0.3) is 0 Å². The first-order valence-corrected chi connectivity index (χ1v) is 12.9. The Labute approximate surface area is 228 Å². The van der Waals surface area contributed by atoms with E-state index in [1.54, 1.807) is 11.1 Å². The van der Waals surface area contributed by atoms with Crippen LogP contribution in [-0.4, -0.2) is 72.1 Å². The number of hydrogen-bond acceptors (Lipinski definition) is 6. The Morgan fingerprint density at radius 1 is 0.923 bits per heavy atom. The zero-order chi connectivity index (χ0) is 27.3. The van der Waals surface area contributed by atoms with E-state index in [4.69, 9.17) is 9.47 Å². The van der Waals surface area contributed by atoms with E-state index in [1.165, 1.54) is 0 Å². The van der Waals surface area contributed by atoms with Gasteiger partial charge in [0.15, 0.2) is 0 Å². The fourth-order valence-electron chi connectivity index (χ4n) is 4.21. The molecule has 3 aromatic carbocycles. The molecular weight excluding hydrogens is 496 g/mol. The average molecular weight is 531 g/mol. The highest BCUT2D eigenvalue weighted by molar-refractivity contribution is 5.85. The molecule has 9 heteroatoms. The number of nitrogens with one attached hydrogen (secondary N) is 1. The maximum Gasteiger partial charge on any atom is 0.405 e. The highest BCUT2D eigenvalue weighted by Gasteiger charge is 2.28. The molecule has 1 aliphatic rings. The minimum Gasteiger partial charge on any atom is -0.489 e. The average Bonchev–Trinajstić information content (AvgIpc) is 3.47. The molecule has 0 radical (unpaired) electrons. The topological polar surface area (TPSA) is 104 Å². The van der Waals surface area contributed by atoms with Crippen LogP contribution in [0, 0.1) is 0 Å². The Hall–Kier alpha value is -4.21. The standard InChI is InChI=1S/C30H34N4O5/c35-29(28(32-30(36)37)20-33-16-15-31-23-33)34(17-18-38-21-25-7-3-1-4-8-25)19-24-11-13-27(14-12-24)39-22-26-9-5-2-6-10-26/h1-15,28,32H,16-23H2,(H,36,37)/t28-/m0/s1. The van der Waals surface area contributed by atoms with Gasteiger partial charge in [-0.05, 0) is 28.8 Å². The van der Waals surface area contributed by atoms with E-state index < -0.39 is 12.1 Å². The molecule has 3 aromatic rings. The highest BCUT2D eigenvalue weighted by Crippen LogP contribution is 2.16. The van der Waals surface area contributed by atoms with Gasteiger partial charge in [-0.25, -0.2) is 4.79 Å². The molecular formula is C30H34N4O5. The van der Waals surface area contributed by atoms with Crippen molar-refractivity contribution in [3.63, 3.8) is 0 Å². The molecule has 9 nitrogen and oxygen atoms in total. The fourth-order valence-corrected chi connectivity index (χ4v) is 4.21. The summed E-state index contributed by atoms with van der Waals surface area (Å²) in [6.45, 7) is 3.08. The quantitative estimate of drug-likeness (QED) is 0.308. The van der Waals surface area contributed by atoms with E-state index in [9.17, 15) is 14.7 Å². The lowest BCUT2D eigenvalue weighted by molar-refractivity contribution is -0.135. The Kier molecular flexibility index (Phi) is 10.5. The molecule has 0 aromatic heterocycles. The first-order chi connectivity index (χ1) is 19.1. The predicted octanol–water partition coefficient (Wildman–Crippen LogP) is 3.79. The van der Waals surface area contributed by atoms with Gasteiger partial charge in [-0.3, -0.25) is 14.7 Å². The number of carboxylic acid groups (broad SMARTS) is 1. The summed E-state index contributed by atoms with van der Waals surface area (Å²) in [5.74, 6) is 0.420. The molecule has 0 spiro atoms. The maximum absolute atomic E-state index is 13.6. The SMILES string of the molecule is O=C(O)N[C@@H](CN1CC=NC1)C(=O)N(CCOCc1ccccc1)Cc1ccc(OCc2ccccc2)cc1. The minimum absolute atomic E-state index is 0.235. The highest BCUT2D eigenvalue weighted by atomic mass is 16.5. The summed E-state index contributed by atoms with van der Waals surface area (Å²) in [5.41, 5.74) is 3.02. The molecule has 2 amide bonds. The largest absolute Gasteiger partial charge is 0.489 e. The molecule has 204 valence electrons. The van der Waals surface area contributed by atoms with Crippen molar-refractivity contribution >= 4 is 18.2 Å². The van der Waals surface area contributed by atoms with Gasteiger partial charge in [0.25, 0.3) is 0 Å². The van der Waals surface area contributed by atoms with E-state index in [1.807, 2.05) is 89.8 Å². The smallest absolute Gasteiger partial charge is 0.405 e. The summed E-state index contributed by atoms with van der Waals surface area (Å²) in [6, 6.07) is 26.4. The molecule has 1 aliphatic heterocycles. The van der Waals surface area contributed by atoms with Crippen molar-refractivity contribution in [3.05, 3.63) is 102 Å². The van der Waals surface area contributed by atoms with Crippen LogP contribution >= 0.6 is 0 Å². The lowest BCUT2D eigenvalue weighted by Crippen LogP contribution is -2.53. The Bertz CT molecular complexity index is 1200. The number of rotatable bonds is 14. The minimum atomic E-state index is -1.24. The molecule has 0 saturated heterocycles. The van der Waals surface area contributed by atoms with Gasteiger partial charge in [-0.15, -0.1) is 0 Å². The molecule has 2 N–H and O–H groups in total. The van der Waals surface area contributed by atoms with Crippen molar-refractivity contribution in [1.29, 1.82) is 0 Å². The Morgan fingerprint density at radius 2 is 1.59 bits per heavy atom. The molecule has 1 heterocycles. The van der Waals surface area contributed by atoms with E-state index in [0.717, 1.165) is 22.4 Å². The summed E-state index contributed by atoms with van der Waals surface area (Å²) >= 11 is 0. The number of ether oxygens (including phenoxy) is 2. The zero-order valence-corrected chi connectivity index (χ0v) is 21.8. The second-order valence-electron chi connectivity index (χ2n) is 9.26. The van der Waals surface area contributed by atoms with Crippen molar-refractivity contribution in [2.24, 2.45) is 4.99 Å². The maximum atomic E-state index is 13.6. The Balaban J connectivity index is 1.40. The van der Waals surface area contributed by atoms with E-state index in [0.29, 0.717) is 46.1 Å². The number of carbonyl (C=O) groups excluding carboxylic acids is 1. The van der Waals surface area contributed by atoms with Crippen LogP contribution < -0.4 is 10.1 Å². The van der Waals surface area contributed by atoms with Gasteiger partial charge in [0.2, 0.25) is 5.91 Å². The molecule has 0 saturated carbocycles. The summed E-state index contributed by atoms with van der Waals surface area (Å²) in [7, 11) is 0. The molecule has 39 heavy (non-hydrogen) atoms. The van der Waals surface area contributed by atoms with E-state index in [2.05, 4.69) is 10.3 Å². The van der Waals surface area contributed by atoms with Crippen LogP contribution in [0.1, 0.15) is 16.7 Å². The van der Waals surface area contributed by atoms with Crippen LogP contribution in [0.5, 0.6) is 5.75 Å². The number of carbonyl (C=O) groups is 2. The van der Waals surface area contributed by atoms with E-state index >= 15 is 0 Å². The summed E-state index contributed by atoms with van der Waals surface area (Å²) in [6.07, 6.45) is 0.521. The van der Waals surface area contributed by atoms with Gasteiger partial charge >= 0.3 is 6.09 Å². The molecule has 0 bridgehead atoms. The fraction of sp³-hybridized carbons (Fsp3) is 0.300. The Morgan fingerprint density at radius 3 is 2.21 bits per heavy atom. The molecule has 0 unspecified atom stereocenters. The zero-order valence-electron chi connectivity index (χ0n) is 21.8. The number of hydrogen-bond donors (Lipinski definition) is 2. The molecule has 0 aliphatic carbocycles.